The average molecular weight is 391 g/mol. The van der Waals surface area contributed by atoms with Crippen molar-refractivity contribution in [3.05, 3.63) is 88.0 Å². The van der Waals surface area contributed by atoms with E-state index in [1.165, 1.54) is 18.2 Å². The first-order valence-electron chi connectivity index (χ1n) is 9.43. The van der Waals surface area contributed by atoms with E-state index in [-0.39, 0.29) is 35.2 Å². The molecule has 7 nitrogen and oxygen atoms in total. The molecule has 29 heavy (non-hydrogen) atoms. The number of allylic oxidation sites excluding steroid dienone is 2. The highest BCUT2D eigenvalue weighted by molar-refractivity contribution is 6.00. The zero-order chi connectivity index (χ0) is 20.5. The van der Waals surface area contributed by atoms with Gasteiger partial charge in [-0.3, -0.25) is 14.9 Å². The predicted molar refractivity (Wildman–Crippen MR) is 110 cm³/mol. The van der Waals surface area contributed by atoms with E-state index in [2.05, 4.69) is 29.4 Å². The maximum Gasteiger partial charge on any atom is 0.270 e. The van der Waals surface area contributed by atoms with E-state index in [4.69, 9.17) is 0 Å². The normalized spacial score (nSPS) is 21.6. The van der Waals surface area contributed by atoms with Gasteiger partial charge in [-0.15, -0.1) is 6.58 Å². The minimum absolute atomic E-state index is 0.00390. The first kappa shape index (κ1) is 18.7. The fraction of sp³-hybridized carbons (Fsp3) is 0.227. The number of hydrogen-bond donors (Lipinski definition) is 3. The monoisotopic (exact) mass is 391 g/mol. The lowest BCUT2D eigenvalue weighted by Crippen LogP contribution is -2.32. The van der Waals surface area contributed by atoms with Gasteiger partial charge in [0.15, 0.2) is 0 Å². The zero-order valence-corrected chi connectivity index (χ0v) is 15.7. The van der Waals surface area contributed by atoms with Crippen LogP contribution in [0.4, 0.5) is 11.4 Å². The van der Waals surface area contributed by atoms with Crippen molar-refractivity contribution in [1.29, 1.82) is 0 Å². The number of nitro groups is 1. The number of hydrogen-bond acceptors (Lipinski definition) is 5. The number of anilines is 1. The Labute approximate surface area is 167 Å². The van der Waals surface area contributed by atoms with E-state index in [1.54, 1.807) is 12.1 Å². The van der Waals surface area contributed by atoms with Crippen LogP contribution in [0.2, 0.25) is 0 Å². The fourth-order valence-electron chi connectivity index (χ4n) is 4.28. The van der Waals surface area contributed by atoms with Gasteiger partial charge < -0.3 is 15.7 Å². The number of carbonyl (C=O) groups excluding carboxylic acids is 1. The van der Waals surface area contributed by atoms with Gasteiger partial charge in [0.2, 0.25) is 0 Å². The predicted octanol–water partition coefficient (Wildman–Crippen LogP) is 4.04. The second-order valence-electron chi connectivity index (χ2n) is 7.24. The number of phenolic OH excluding ortho intramolecular Hbond substituents is 1. The van der Waals surface area contributed by atoms with Gasteiger partial charge in [-0.05, 0) is 30.0 Å². The maximum absolute atomic E-state index is 12.7. The number of aromatic hydroxyl groups is 1. The van der Waals surface area contributed by atoms with Crippen molar-refractivity contribution in [2.24, 2.45) is 5.92 Å². The molecule has 0 saturated heterocycles. The number of benzene rings is 2. The van der Waals surface area contributed by atoms with E-state index >= 15 is 0 Å². The van der Waals surface area contributed by atoms with Gasteiger partial charge in [-0.2, -0.15) is 0 Å². The molecule has 1 aliphatic heterocycles. The smallest absolute Gasteiger partial charge is 0.270 e. The van der Waals surface area contributed by atoms with Crippen molar-refractivity contribution >= 4 is 17.3 Å². The van der Waals surface area contributed by atoms with E-state index in [0.717, 1.165) is 12.0 Å². The second-order valence-corrected chi connectivity index (χ2v) is 7.24. The van der Waals surface area contributed by atoms with Crippen molar-refractivity contribution in [3.8, 4) is 5.75 Å². The molecule has 0 saturated carbocycles. The molecule has 1 heterocycles. The summed E-state index contributed by atoms with van der Waals surface area (Å²) in [6.07, 6.45) is 6.58. The van der Waals surface area contributed by atoms with Crippen LogP contribution in [0.3, 0.4) is 0 Å². The molecule has 3 atom stereocenters. The third kappa shape index (κ3) is 3.24. The summed E-state index contributed by atoms with van der Waals surface area (Å²) in [5.41, 5.74) is 2.58. The van der Waals surface area contributed by atoms with Crippen molar-refractivity contribution in [2.75, 3.05) is 11.9 Å². The molecule has 3 unspecified atom stereocenters. The minimum atomic E-state index is -0.474. The first-order chi connectivity index (χ1) is 14.0. The molecule has 4 rings (SSSR count). The molecule has 2 aromatic rings. The van der Waals surface area contributed by atoms with Crippen LogP contribution in [-0.4, -0.2) is 22.5 Å². The van der Waals surface area contributed by atoms with Gasteiger partial charge in [-0.25, -0.2) is 0 Å². The van der Waals surface area contributed by atoms with Crippen LogP contribution >= 0.6 is 0 Å². The number of nitrogens with zero attached hydrogens (tertiary/aromatic N) is 1. The Morgan fingerprint density at radius 3 is 2.93 bits per heavy atom. The summed E-state index contributed by atoms with van der Waals surface area (Å²) in [4.78, 5) is 23.4. The molecule has 7 heteroatoms. The van der Waals surface area contributed by atoms with Crippen LogP contribution in [0, 0.1) is 16.0 Å². The number of rotatable bonds is 5. The molecule has 1 aliphatic carbocycles. The maximum atomic E-state index is 12.7. The van der Waals surface area contributed by atoms with Gasteiger partial charge in [0.1, 0.15) is 5.75 Å². The Balaban J connectivity index is 1.80. The molecule has 1 amide bonds. The highest BCUT2D eigenvalue weighted by Gasteiger charge is 2.40. The molecular formula is C22H21N3O4. The van der Waals surface area contributed by atoms with Crippen LogP contribution in [-0.2, 0) is 0 Å². The summed E-state index contributed by atoms with van der Waals surface area (Å²) in [7, 11) is 0. The number of phenols is 1. The Morgan fingerprint density at radius 2 is 2.17 bits per heavy atom. The molecule has 0 aromatic heterocycles. The molecule has 3 N–H and O–H groups in total. The molecule has 2 aromatic carbocycles. The number of carbonyl (C=O) groups is 1. The summed E-state index contributed by atoms with van der Waals surface area (Å²) in [6.45, 7) is 3.97. The van der Waals surface area contributed by atoms with Crippen LogP contribution in [0.5, 0.6) is 5.75 Å². The number of nitrogens with one attached hydrogen (secondary N) is 2. The number of nitro benzene ring substituents is 1. The number of para-hydroxylation sites is 1. The van der Waals surface area contributed by atoms with Crippen molar-refractivity contribution in [3.63, 3.8) is 0 Å². The fourth-order valence-corrected chi connectivity index (χ4v) is 4.28. The van der Waals surface area contributed by atoms with E-state index in [9.17, 15) is 20.0 Å². The molecule has 2 aliphatic rings. The molecular weight excluding hydrogens is 370 g/mol. The summed E-state index contributed by atoms with van der Waals surface area (Å²) in [5, 5.41) is 27.9. The van der Waals surface area contributed by atoms with Gasteiger partial charge in [-0.1, -0.05) is 30.4 Å². The molecule has 0 spiro atoms. The van der Waals surface area contributed by atoms with Gasteiger partial charge >= 0.3 is 0 Å². The standard InChI is InChI=1S/C22H21N3O4/c1-2-11-23-22(27)17-8-4-7-15-14-5-3-6-16(14)21(24-20(15)17)18-12-13(25(28)29)9-10-19(18)26/h2-5,7-10,12,14,16,21,24,26H,1,6,11H2,(H,23,27). The summed E-state index contributed by atoms with van der Waals surface area (Å²) >= 11 is 0. The first-order valence-corrected chi connectivity index (χ1v) is 9.43. The Kier molecular flexibility index (Phi) is 4.80. The third-order valence-corrected chi connectivity index (χ3v) is 5.61. The quantitative estimate of drug-likeness (QED) is 0.405. The Morgan fingerprint density at radius 1 is 1.34 bits per heavy atom. The largest absolute Gasteiger partial charge is 0.508 e. The lowest BCUT2D eigenvalue weighted by molar-refractivity contribution is -0.385. The highest BCUT2D eigenvalue weighted by Crippen LogP contribution is 2.52. The average Bonchev–Trinajstić information content (AvgIpc) is 3.21. The van der Waals surface area contributed by atoms with E-state index < -0.39 is 4.92 Å². The Hall–Kier alpha value is -3.61. The van der Waals surface area contributed by atoms with Crippen LogP contribution in [0.1, 0.15) is 39.9 Å². The highest BCUT2D eigenvalue weighted by atomic mass is 16.6. The molecule has 148 valence electrons. The van der Waals surface area contributed by atoms with Crippen LogP contribution in [0.15, 0.2) is 61.2 Å². The zero-order valence-electron chi connectivity index (χ0n) is 15.7. The van der Waals surface area contributed by atoms with Gasteiger partial charge in [0.25, 0.3) is 11.6 Å². The lowest BCUT2D eigenvalue weighted by atomic mass is 9.76. The van der Waals surface area contributed by atoms with Crippen LogP contribution in [0.25, 0.3) is 0 Å². The van der Waals surface area contributed by atoms with E-state index in [1.807, 2.05) is 12.1 Å². The number of amides is 1. The molecule has 0 radical (unpaired) electrons. The van der Waals surface area contributed by atoms with Gasteiger partial charge in [0.05, 0.1) is 22.2 Å². The lowest BCUT2D eigenvalue weighted by Gasteiger charge is -2.38. The second kappa shape index (κ2) is 7.43. The Bertz CT molecular complexity index is 1030. The van der Waals surface area contributed by atoms with Crippen molar-refractivity contribution < 1.29 is 14.8 Å². The summed E-state index contributed by atoms with van der Waals surface area (Å²) in [6, 6.07) is 9.28. The third-order valence-electron chi connectivity index (χ3n) is 5.61. The van der Waals surface area contributed by atoms with Gasteiger partial charge in [0, 0.05) is 30.2 Å². The SMILES string of the molecule is C=CCNC(=O)c1cccc2c1NC(c1cc([N+](=O)[O-])ccc1O)C1CC=CC21. The van der Waals surface area contributed by atoms with E-state index in [0.29, 0.717) is 23.4 Å². The molecule has 0 bridgehead atoms. The summed E-state index contributed by atoms with van der Waals surface area (Å²) < 4.78 is 0. The van der Waals surface area contributed by atoms with Crippen LogP contribution < -0.4 is 10.6 Å². The number of fused-ring (bicyclic) bond motifs is 3. The molecule has 0 fully saturated rings. The summed E-state index contributed by atoms with van der Waals surface area (Å²) in [5.74, 6) is -0.0866. The van der Waals surface area contributed by atoms with Crippen molar-refractivity contribution in [1.82, 2.24) is 5.32 Å². The van der Waals surface area contributed by atoms with Crippen molar-refractivity contribution in [2.45, 2.75) is 18.4 Å². The number of non-ortho nitro benzene ring substituents is 1. The topological polar surface area (TPSA) is 104 Å². The minimum Gasteiger partial charge on any atom is -0.508 e.